The zero-order chi connectivity index (χ0) is 13.6. The van der Waals surface area contributed by atoms with E-state index in [4.69, 9.17) is 0 Å². The smallest absolute Gasteiger partial charge is 0.244 e. The minimum Gasteiger partial charge on any atom is -0.309 e. The Hall–Kier alpha value is -0.430. The monoisotopic (exact) mass is 300 g/mol. The van der Waals surface area contributed by atoms with Gasteiger partial charge in [0.25, 0.3) is 0 Å². The van der Waals surface area contributed by atoms with Crippen molar-refractivity contribution in [2.75, 3.05) is 7.05 Å². The van der Waals surface area contributed by atoms with Gasteiger partial charge >= 0.3 is 0 Å². The fourth-order valence-corrected chi connectivity index (χ4v) is 5.38. The summed E-state index contributed by atoms with van der Waals surface area (Å²) in [5.41, 5.74) is 0.880. The topological polar surface area (TPSA) is 49.4 Å². The molecular weight excluding hydrogens is 280 g/mol. The molecule has 0 radical (unpaired) electrons. The van der Waals surface area contributed by atoms with Crippen molar-refractivity contribution in [1.82, 2.24) is 9.62 Å². The second-order valence-corrected chi connectivity index (χ2v) is 8.48. The Morgan fingerprint density at radius 3 is 2.63 bits per heavy atom. The summed E-state index contributed by atoms with van der Waals surface area (Å²) < 4.78 is 26.9. The van der Waals surface area contributed by atoms with Crippen molar-refractivity contribution in [2.24, 2.45) is 0 Å². The van der Waals surface area contributed by atoms with Crippen LogP contribution in [0.25, 0.3) is 0 Å². The molecule has 19 heavy (non-hydrogen) atoms. The minimum atomic E-state index is -3.32. The Balaban J connectivity index is 1.86. The van der Waals surface area contributed by atoms with E-state index in [1.165, 1.54) is 12.8 Å². The predicted octanol–water partition coefficient (Wildman–Crippen LogP) is 2.09. The summed E-state index contributed by atoms with van der Waals surface area (Å²) >= 11 is 1.55. The van der Waals surface area contributed by atoms with Crippen molar-refractivity contribution in [3.05, 3.63) is 15.8 Å². The van der Waals surface area contributed by atoms with Gasteiger partial charge in [0, 0.05) is 30.6 Å². The molecule has 0 spiro atoms. The molecule has 2 saturated carbocycles. The van der Waals surface area contributed by atoms with Gasteiger partial charge in [0.2, 0.25) is 10.0 Å². The van der Waals surface area contributed by atoms with Crippen LogP contribution in [0.15, 0.2) is 10.3 Å². The summed E-state index contributed by atoms with van der Waals surface area (Å²) in [5.74, 6) is 0. The van der Waals surface area contributed by atoms with Crippen LogP contribution in [0, 0.1) is 6.92 Å². The van der Waals surface area contributed by atoms with Crippen LogP contribution >= 0.6 is 11.3 Å². The summed E-state index contributed by atoms with van der Waals surface area (Å²) in [5, 5.41) is 5.37. The molecule has 0 unspecified atom stereocenters. The van der Waals surface area contributed by atoms with Crippen LogP contribution in [-0.2, 0) is 16.6 Å². The first-order valence-corrected chi connectivity index (χ1v) is 9.10. The number of nitrogens with one attached hydrogen (secondary N) is 1. The molecule has 0 amide bonds. The van der Waals surface area contributed by atoms with Crippen LogP contribution < -0.4 is 5.32 Å². The number of thiophene rings is 1. The Bertz CT molecular complexity index is 571. The molecule has 2 aliphatic carbocycles. The average Bonchev–Trinajstić information content (AvgIpc) is 3.24. The minimum absolute atomic E-state index is 0.216. The lowest BCUT2D eigenvalue weighted by Gasteiger charge is -2.17. The third-order valence-electron chi connectivity index (χ3n) is 3.82. The molecule has 0 bridgehead atoms. The van der Waals surface area contributed by atoms with E-state index in [1.807, 2.05) is 12.3 Å². The van der Waals surface area contributed by atoms with Crippen molar-refractivity contribution < 1.29 is 8.42 Å². The van der Waals surface area contributed by atoms with Crippen molar-refractivity contribution in [3.63, 3.8) is 0 Å². The van der Waals surface area contributed by atoms with Gasteiger partial charge in [0.05, 0.1) is 0 Å². The van der Waals surface area contributed by atoms with Crippen LogP contribution in [0.2, 0.25) is 0 Å². The van der Waals surface area contributed by atoms with Gasteiger partial charge in [-0.25, -0.2) is 8.42 Å². The van der Waals surface area contributed by atoms with E-state index < -0.39 is 10.0 Å². The molecule has 0 saturated heterocycles. The number of aryl methyl sites for hydroxylation is 1. The van der Waals surface area contributed by atoms with E-state index in [0.29, 0.717) is 17.5 Å². The second-order valence-electron chi connectivity index (χ2n) is 5.58. The van der Waals surface area contributed by atoms with Crippen molar-refractivity contribution in [2.45, 2.75) is 56.1 Å². The van der Waals surface area contributed by atoms with Crippen molar-refractivity contribution >= 4 is 21.4 Å². The second kappa shape index (κ2) is 4.84. The van der Waals surface area contributed by atoms with Crippen LogP contribution in [0.3, 0.4) is 0 Å². The largest absolute Gasteiger partial charge is 0.309 e. The zero-order valence-electron chi connectivity index (χ0n) is 11.3. The highest BCUT2D eigenvalue weighted by Gasteiger charge is 2.37. The molecule has 3 rings (SSSR count). The molecule has 0 aromatic carbocycles. The highest BCUT2D eigenvalue weighted by Crippen LogP contribution is 2.35. The van der Waals surface area contributed by atoms with Crippen molar-refractivity contribution in [1.29, 1.82) is 0 Å². The van der Waals surface area contributed by atoms with Crippen molar-refractivity contribution in [3.8, 4) is 0 Å². The number of hydrogen-bond acceptors (Lipinski definition) is 4. The fourth-order valence-electron chi connectivity index (χ4n) is 2.26. The first-order valence-electron chi connectivity index (χ1n) is 6.78. The quantitative estimate of drug-likeness (QED) is 0.875. The lowest BCUT2D eigenvalue weighted by atomic mass is 10.3. The van der Waals surface area contributed by atoms with Gasteiger partial charge in [0.15, 0.2) is 0 Å². The Morgan fingerprint density at radius 2 is 2.05 bits per heavy atom. The summed E-state index contributed by atoms with van der Waals surface area (Å²) in [6.45, 7) is 2.57. The molecule has 2 aliphatic rings. The average molecular weight is 300 g/mol. The highest BCUT2D eigenvalue weighted by atomic mass is 32.2. The maximum atomic E-state index is 12.7. The van der Waals surface area contributed by atoms with E-state index in [-0.39, 0.29) is 6.04 Å². The third kappa shape index (κ3) is 2.72. The molecule has 6 heteroatoms. The first kappa shape index (κ1) is 13.5. The van der Waals surface area contributed by atoms with Gasteiger partial charge in [-0.15, -0.1) is 11.3 Å². The Kier molecular flexibility index (Phi) is 3.45. The van der Waals surface area contributed by atoms with E-state index in [2.05, 4.69) is 5.32 Å². The first-order chi connectivity index (χ1) is 9.00. The van der Waals surface area contributed by atoms with Crippen LogP contribution in [-0.4, -0.2) is 31.9 Å². The molecule has 1 aromatic heterocycles. The molecule has 4 nitrogen and oxygen atoms in total. The predicted molar refractivity (Wildman–Crippen MR) is 76.9 cm³/mol. The van der Waals surface area contributed by atoms with E-state index in [0.717, 1.165) is 23.3 Å². The zero-order valence-corrected chi connectivity index (χ0v) is 13.0. The summed E-state index contributed by atoms with van der Waals surface area (Å²) in [6, 6.07) is 0.813. The van der Waals surface area contributed by atoms with Gasteiger partial charge in [-0.1, -0.05) is 0 Å². The van der Waals surface area contributed by atoms with Gasteiger partial charge in [-0.2, -0.15) is 4.31 Å². The summed E-state index contributed by atoms with van der Waals surface area (Å²) in [4.78, 5) is 1.50. The van der Waals surface area contributed by atoms with E-state index >= 15 is 0 Å². The third-order valence-corrected chi connectivity index (χ3v) is 7.19. The SMILES string of the molecule is Cc1csc(CNC2CC2)c1S(=O)(=O)N(C)C1CC1. The molecule has 1 N–H and O–H groups in total. The van der Waals surface area contributed by atoms with E-state index in [1.54, 1.807) is 22.7 Å². The van der Waals surface area contributed by atoms with Gasteiger partial charge < -0.3 is 5.32 Å². The molecule has 1 aromatic rings. The van der Waals surface area contributed by atoms with E-state index in [9.17, 15) is 8.42 Å². The van der Waals surface area contributed by atoms with Gasteiger partial charge in [-0.3, -0.25) is 0 Å². The summed E-state index contributed by atoms with van der Waals surface area (Å²) in [7, 11) is -1.61. The van der Waals surface area contributed by atoms with Crippen LogP contribution in [0.1, 0.15) is 36.1 Å². The van der Waals surface area contributed by atoms with Gasteiger partial charge in [0.1, 0.15) is 4.90 Å². The Morgan fingerprint density at radius 1 is 1.37 bits per heavy atom. The lowest BCUT2D eigenvalue weighted by Crippen LogP contribution is -2.30. The summed E-state index contributed by atoms with van der Waals surface area (Å²) in [6.07, 6.45) is 4.42. The lowest BCUT2D eigenvalue weighted by molar-refractivity contribution is 0.463. The maximum absolute atomic E-state index is 12.7. The van der Waals surface area contributed by atoms with Crippen LogP contribution in [0.4, 0.5) is 0 Å². The maximum Gasteiger partial charge on any atom is 0.244 e. The van der Waals surface area contributed by atoms with Crippen LogP contribution in [0.5, 0.6) is 0 Å². The molecule has 106 valence electrons. The molecule has 2 fully saturated rings. The molecule has 0 atom stereocenters. The fraction of sp³-hybridized carbons (Fsp3) is 0.692. The molecule has 0 aliphatic heterocycles. The standard InChI is InChI=1S/C13H20N2O2S2/c1-9-8-18-12(7-14-10-3-4-10)13(9)19(16,17)15(2)11-5-6-11/h8,10-11,14H,3-7H2,1-2H3. The highest BCUT2D eigenvalue weighted by molar-refractivity contribution is 7.89. The Labute approximate surface area is 118 Å². The number of nitrogens with zero attached hydrogens (tertiary/aromatic N) is 1. The number of sulfonamides is 1. The molecular formula is C13H20N2O2S2. The van der Waals surface area contributed by atoms with Gasteiger partial charge in [-0.05, 0) is 43.6 Å². The number of hydrogen-bond donors (Lipinski definition) is 1. The number of rotatable bonds is 6. The molecule has 1 heterocycles. The normalized spacial score (nSPS) is 20.2.